The topological polar surface area (TPSA) is 96.3 Å². The van der Waals surface area contributed by atoms with Gasteiger partial charge in [-0.05, 0) is 41.8 Å². The quantitative estimate of drug-likeness (QED) is 0.333. The van der Waals surface area contributed by atoms with Gasteiger partial charge in [-0.15, -0.1) is 11.3 Å². The number of Topliss-reactive ketones (excluding diaryl/α,β-unsaturated/α-hetero) is 1. The monoisotopic (exact) mass is 451 g/mol. The van der Waals surface area contributed by atoms with Gasteiger partial charge in [0.25, 0.3) is 11.7 Å². The molecule has 4 rings (SSSR count). The van der Waals surface area contributed by atoms with Crippen molar-refractivity contribution in [3.05, 3.63) is 81.6 Å². The Kier molecular flexibility index (Phi) is 5.87. The van der Waals surface area contributed by atoms with Gasteiger partial charge < -0.3 is 24.6 Å². The van der Waals surface area contributed by atoms with Gasteiger partial charge in [0.2, 0.25) is 0 Å². The van der Waals surface area contributed by atoms with Crippen molar-refractivity contribution in [3.63, 3.8) is 0 Å². The summed E-state index contributed by atoms with van der Waals surface area (Å²) in [5.74, 6) is -1.30. The fourth-order valence-corrected chi connectivity index (χ4v) is 4.47. The molecule has 1 unspecified atom stereocenters. The first-order valence-corrected chi connectivity index (χ1v) is 10.6. The summed E-state index contributed by atoms with van der Waals surface area (Å²) >= 11 is 1.45. The van der Waals surface area contributed by atoms with Gasteiger partial charge in [-0.25, -0.2) is 0 Å². The molecule has 7 nitrogen and oxygen atoms in total. The average molecular weight is 452 g/mol. The third-order valence-electron chi connectivity index (χ3n) is 5.35. The van der Waals surface area contributed by atoms with Gasteiger partial charge in [0.15, 0.2) is 11.5 Å². The van der Waals surface area contributed by atoms with Crippen molar-refractivity contribution in [1.29, 1.82) is 0 Å². The molecule has 0 aliphatic carbocycles. The predicted octanol–water partition coefficient (Wildman–Crippen LogP) is 4.09. The molecular formula is C24H21NO6S. The fourth-order valence-electron chi connectivity index (χ4n) is 3.77. The molecule has 0 spiro atoms. The molecule has 0 saturated carbocycles. The number of ether oxygens (including phenoxy) is 2. The van der Waals surface area contributed by atoms with Crippen molar-refractivity contribution in [1.82, 2.24) is 4.90 Å². The molecule has 1 atom stereocenters. The van der Waals surface area contributed by atoms with E-state index in [4.69, 9.17) is 9.47 Å². The molecule has 3 aromatic rings. The second-order valence-electron chi connectivity index (χ2n) is 7.13. The summed E-state index contributed by atoms with van der Waals surface area (Å²) in [7, 11) is 2.94. The average Bonchev–Trinajstić information content (AvgIpc) is 3.41. The van der Waals surface area contributed by atoms with E-state index in [1.54, 1.807) is 42.5 Å². The lowest BCUT2D eigenvalue weighted by Crippen LogP contribution is -2.28. The minimum atomic E-state index is -0.991. The molecule has 32 heavy (non-hydrogen) atoms. The highest BCUT2D eigenvalue weighted by molar-refractivity contribution is 7.09. The highest BCUT2D eigenvalue weighted by Gasteiger charge is 2.47. The molecule has 0 bridgehead atoms. The Morgan fingerprint density at radius 1 is 1.03 bits per heavy atom. The second-order valence-corrected chi connectivity index (χ2v) is 8.17. The van der Waals surface area contributed by atoms with Crippen LogP contribution >= 0.6 is 11.3 Å². The number of nitrogens with zero attached hydrogens (tertiary/aromatic N) is 1. The molecule has 1 aliphatic heterocycles. The van der Waals surface area contributed by atoms with Crippen LogP contribution in [0.4, 0.5) is 0 Å². The molecule has 2 N–H and O–H groups in total. The lowest BCUT2D eigenvalue weighted by molar-refractivity contribution is -0.140. The van der Waals surface area contributed by atoms with E-state index in [1.165, 1.54) is 30.5 Å². The molecule has 1 fully saturated rings. The SMILES string of the molecule is COc1ccc(/C(O)=C2\C(=O)C(=O)N(Cc3cccs3)C2c2cccc(OC)c2O)cc1. The zero-order chi connectivity index (χ0) is 22.8. The van der Waals surface area contributed by atoms with Gasteiger partial charge in [0.1, 0.15) is 11.5 Å². The number of carbonyl (C=O) groups is 2. The molecular weight excluding hydrogens is 430 g/mol. The molecule has 2 aromatic carbocycles. The highest BCUT2D eigenvalue weighted by Crippen LogP contribution is 2.45. The van der Waals surface area contributed by atoms with Crippen LogP contribution in [-0.2, 0) is 16.1 Å². The minimum absolute atomic E-state index is 0.0970. The largest absolute Gasteiger partial charge is 0.507 e. The van der Waals surface area contributed by atoms with Gasteiger partial charge >= 0.3 is 0 Å². The number of thiophene rings is 1. The Balaban J connectivity index is 1.90. The van der Waals surface area contributed by atoms with Crippen LogP contribution in [0.15, 0.2) is 65.6 Å². The van der Waals surface area contributed by atoms with Crippen LogP contribution in [0.25, 0.3) is 5.76 Å². The van der Waals surface area contributed by atoms with Crippen molar-refractivity contribution in [2.45, 2.75) is 12.6 Å². The summed E-state index contributed by atoms with van der Waals surface area (Å²) in [5.41, 5.74) is 0.544. The number of phenols is 1. The Labute approximate surface area is 188 Å². The summed E-state index contributed by atoms with van der Waals surface area (Å²) < 4.78 is 10.4. The first-order valence-electron chi connectivity index (χ1n) is 9.77. The van der Waals surface area contributed by atoms with Gasteiger partial charge in [-0.1, -0.05) is 18.2 Å². The van der Waals surface area contributed by atoms with E-state index < -0.39 is 17.7 Å². The van der Waals surface area contributed by atoms with E-state index in [0.29, 0.717) is 11.3 Å². The molecule has 1 saturated heterocycles. The molecule has 1 aromatic heterocycles. The van der Waals surface area contributed by atoms with Crippen LogP contribution in [0.5, 0.6) is 17.2 Å². The molecule has 2 heterocycles. The second kappa shape index (κ2) is 8.76. The molecule has 1 aliphatic rings. The normalized spacial score (nSPS) is 17.6. The summed E-state index contributed by atoms with van der Waals surface area (Å²) in [6.45, 7) is 0.156. The van der Waals surface area contributed by atoms with Gasteiger partial charge in [0, 0.05) is 16.0 Å². The number of carbonyl (C=O) groups excluding carboxylic acids is 2. The summed E-state index contributed by atoms with van der Waals surface area (Å²) in [6.07, 6.45) is 0. The summed E-state index contributed by atoms with van der Waals surface area (Å²) in [5, 5.41) is 23.8. The minimum Gasteiger partial charge on any atom is -0.507 e. The number of aliphatic hydroxyl groups is 1. The Morgan fingerprint density at radius 3 is 2.41 bits per heavy atom. The zero-order valence-corrected chi connectivity index (χ0v) is 18.3. The lowest BCUT2D eigenvalue weighted by Gasteiger charge is -2.26. The maximum atomic E-state index is 13.1. The first kappa shape index (κ1) is 21.5. The van der Waals surface area contributed by atoms with Crippen molar-refractivity contribution in [3.8, 4) is 17.2 Å². The highest BCUT2D eigenvalue weighted by atomic mass is 32.1. The summed E-state index contributed by atoms with van der Waals surface area (Å²) in [4.78, 5) is 28.3. The number of hydrogen-bond acceptors (Lipinski definition) is 7. The molecule has 1 amide bonds. The van der Waals surface area contributed by atoms with Crippen LogP contribution in [0.1, 0.15) is 22.0 Å². The predicted molar refractivity (Wildman–Crippen MR) is 120 cm³/mol. The van der Waals surface area contributed by atoms with Crippen molar-refractivity contribution >= 4 is 28.8 Å². The number of likely N-dealkylation sites (tertiary alicyclic amines) is 1. The van der Waals surface area contributed by atoms with Crippen LogP contribution in [-0.4, -0.2) is 41.0 Å². The number of para-hydroxylation sites is 1. The van der Waals surface area contributed by atoms with Crippen LogP contribution in [0.2, 0.25) is 0 Å². The molecule has 164 valence electrons. The molecule has 0 radical (unpaired) electrons. The van der Waals surface area contributed by atoms with Gasteiger partial charge in [-0.3, -0.25) is 9.59 Å². The van der Waals surface area contributed by atoms with Crippen LogP contribution < -0.4 is 9.47 Å². The standard InChI is InChI=1S/C24H21NO6S/c1-30-15-10-8-14(9-11-15)21(26)19-20(17-6-3-7-18(31-2)22(17)27)25(24(29)23(19)28)13-16-5-4-12-32-16/h3-12,20,26-27H,13H2,1-2H3/b21-19+. The van der Waals surface area contributed by atoms with Crippen LogP contribution in [0.3, 0.4) is 0 Å². The van der Waals surface area contributed by atoms with E-state index in [2.05, 4.69) is 0 Å². The Bertz CT molecular complexity index is 1180. The van der Waals surface area contributed by atoms with E-state index in [0.717, 1.165) is 4.88 Å². The number of benzene rings is 2. The number of amides is 1. The van der Waals surface area contributed by atoms with E-state index in [-0.39, 0.29) is 34.9 Å². The van der Waals surface area contributed by atoms with Gasteiger partial charge in [-0.2, -0.15) is 0 Å². The number of aromatic hydroxyl groups is 1. The number of methoxy groups -OCH3 is 2. The Morgan fingerprint density at radius 2 is 1.78 bits per heavy atom. The van der Waals surface area contributed by atoms with Crippen LogP contribution in [0, 0.1) is 0 Å². The van der Waals surface area contributed by atoms with E-state index in [9.17, 15) is 19.8 Å². The number of phenolic OH excluding ortho intramolecular Hbond substituents is 1. The number of hydrogen-bond donors (Lipinski definition) is 2. The number of ketones is 1. The lowest BCUT2D eigenvalue weighted by atomic mass is 9.94. The van der Waals surface area contributed by atoms with Crippen molar-refractivity contribution in [2.75, 3.05) is 14.2 Å². The number of rotatable bonds is 6. The molecule has 8 heteroatoms. The fraction of sp³-hybridized carbons (Fsp3) is 0.167. The van der Waals surface area contributed by atoms with Crippen molar-refractivity contribution in [2.24, 2.45) is 0 Å². The maximum absolute atomic E-state index is 13.1. The number of aliphatic hydroxyl groups excluding tert-OH is 1. The zero-order valence-electron chi connectivity index (χ0n) is 17.4. The third kappa shape index (κ3) is 3.69. The van der Waals surface area contributed by atoms with E-state index in [1.807, 2.05) is 17.5 Å². The van der Waals surface area contributed by atoms with E-state index >= 15 is 0 Å². The van der Waals surface area contributed by atoms with Gasteiger partial charge in [0.05, 0.1) is 32.4 Å². The Hall–Kier alpha value is -3.78. The first-order chi connectivity index (χ1) is 15.5. The smallest absolute Gasteiger partial charge is 0.295 e. The summed E-state index contributed by atoms with van der Waals surface area (Å²) in [6, 6.07) is 14.1. The third-order valence-corrected chi connectivity index (χ3v) is 6.22. The maximum Gasteiger partial charge on any atom is 0.295 e. The van der Waals surface area contributed by atoms with Crippen molar-refractivity contribution < 1.29 is 29.3 Å².